The number of hydrogen-bond donors (Lipinski definition) is 5. The highest BCUT2D eigenvalue weighted by molar-refractivity contribution is 8.77. The number of Topliss-reactive ketones (excluding diaryl/α,β-unsaturated/α-hetero) is 2. The summed E-state index contributed by atoms with van der Waals surface area (Å²) in [7, 11) is 3.77. The summed E-state index contributed by atoms with van der Waals surface area (Å²) in [5.74, 6) is -2.44. The van der Waals surface area contributed by atoms with Crippen LogP contribution in [0.2, 0.25) is 0 Å². The normalized spacial score (nSPS) is 14.7. The smallest absolute Gasteiger partial charge is 0.303 e. The molecule has 1 saturated heterocycles. The quantitative estimate of drug-likeness (QED) is 0.0563. The summed E-state index contributed by atoms with van der Waals surface area (Å²) in [5.41, 5.74) is 0. The maximum Gasteiger partial charge on any atom is 0.303 e. The molecule has 3 amide bonds. The van der Waals surface area contributed by atoms with Gasteiger partial charge in [0.25, 0.3) is 0 Å². The Morgan fingerprint density at radius 1 is 0.674 bits per heavy atom. The van der Waals surface area contributed by atoms with Crippen LogP contribution in [0.3, 0.4) is 0 Å². The van der Waals surface area contributed by atoms with E-state index in [9.17, 15) is 33.6 Å². The number of ether oxygens (including phenoxy) is 2. The number of carboxylic acid groups (broad SMARTS) is 2. The van der Waals surface area contributed by atoms with Crippen LogP contribution >= 0.6 is 21.6 Å². The van der Waals surface area contributed by atoms with Crippen LogP contribution in [0.1, 0.15) is 89.9 Å². The molecule has 1 rings (SSSR count). The van der Waals surface area contributed by atoms with Crippen LogP contribution in [0.15, 0.2) is 0 Å². The molecule has 1 aliphatic heterocycles. The number of amides is 3. The third kappa shape index (κ3) is 23.6. The number of nitrogens with one attached hydrogen (secondary N) is 3. The monoisotopic (exact) mass is 691 g/mol. The van der Waals surface area contributed by atoms with E-state index in [0.29, 0.717) is 31.1 Å². The largest absolute Gasteiger partial charge is 0.481 e. The highest BCUT2D eigenvalue weighted by Gasteiger charge is 2.23. The number of rotatable bonds is 29. The fourth-order valence-corrected chi connectivity index (χ4v) is 7.32. The molecule has 16 heteroatoms. The predicted molar refractivity (Wildman–Crippen MR) is 173 cm³/mol. The maximum absolute atomic E-state index is 13.0. The molecule has 0 bridgehead atoms. The number of aliphatic carboxylic acids is 2. The lowest BCUT2D eigenvalue weighted by Gasteiger charge is -2.18. The Morgan fingerprint density at radius 2 is 1.30 bits per heavy atom. The Morgan fingerprint density at radius 3 is 1.96 bits per heavy atom. The van der Waals surface area contributed by atoms with E-state index in [1.807, 2.05) is 21.6 Å². The van der Waals surface area contributed by atoms with Gasteiger partial charge in [0.15, 0.2) is 5.78 Å². The molecule has 0 aromatic rings. The zero-order valence-corrected chi connectivity index (χ0v) is 28.0. The first-order valence-corrected chi connectivity index (χ1v) is 18.2. The molecule has 2 atom stereocenters. The van der Waals surface area contributed by atoms with E-state index in [1.54, 1.807) is 0 Å². The Bertz CT molecular complexity index is 978. The van der Waals surface area contributed by atoms with Crippen molar-refractivity contribution in [3.05, 3.63) is 0 Å². The summed E-state index contributed by atoms with van der Waals surface area (Å²) in [6.07, 6.45) is 4.46. The summed E-state index contributed by atoms with van der Waals surface area (Å²) >= 11 is 0. The van der Waals surface area contributed by atoms with Gasteiger partial charge in [0, 0.05) is 69.4 Å². The lowest BCUT2D eigenvalue weighted by atomic mass is 10.0. The molecule has 14 nitrogen and oxygen atoms in total. The Labute approximate surface area is 278 Å². The zero-order chi connectivity index (χ0) is 34.0. The van der Waals surface area contributed by atoms with E-state index in [-0.39, 0.29) is 102 Å². The van der Waals surface area contributed by atoms with Crippen molar-refractivity contribution in [2.24, 2.45) is 0 Å². The molecule has 1 aliphatic rings. The molecule has 46 heavy (non-hydrogen) atoms. The molecule has 0 saturated carbocycles. The first-order valence-electron chi connectivity index (χ1n) is 15.8. The summed E-state index contributed by atoms with van der Waals surface area (Å²) < 4.78 is 10.8. The van der Waals surface area contributed by atoms with Gasteiger partial charge in [-0.15, -0.1) is 0 Å². The van der Waals surface area contributed by atoms with Gasteiger partial charge in [-0.3, -0.25) is 33.6 Å². The number of carbonyl (C=O) groups is 7. The van der Waals surface area contributed by atoms with E-state index in [4.69, 9.17) is 19.7 Å². The zero-order valence-electron chi connectivity index (χ0n) is 26.4. The average Bonchev–Trinajstić information content (AvgIpc) is 3.53. The third-order valence-electron chi connectivity index (χ3n) is 6.80. The van der Waals surface area contributed by atoms with Gasteiger partial charge in [-0.25, -0.2) is 0 Å². The minimum Gasteiger partial charge on any atom is -0.481 e. The fraction of sp³-hybridized carbons (Fsp3) is 0.767. The highest BCUT2D eigenvalue weighted by atomic mass is 33.1. The fourth-order valence-electron chi connectivity index (χ4n) is 4.30. The second-order valence-corrected chi connectivity index (χ2v) is 13.6. The van der Waals surface area contributed by atoms with Crippen LogP contribution in [0.4, 0.5) is 0 Å². The maximum atomic E-state index is 13.0. The molecule has 1 unspecified atom stereocenters. The van der Waals surface area contributed by atoms with Crippen molar-refractivity contribution < 1.29 is 53.2 Å². The van der Waals surface area contributed by atoms with Crippen molar-refractivity contribution in [3.8, 4) is 0 Å². The summed E-state index contributed by atoms with van der Waals surface area (Å²) in [6.45, 7) is 1.24. The van der Waals surface area contributed by atoms with Gasteiger partial charge in [0.2, 0.25) is 17.7 Å². The Kier molecular flexibility index (Phi) is 23.7. The summed E-state index contributed by atoms with van der Waals surface area (Å²) in [6, 6.07) is -0.983. The van der Waals surface area contributed by atoms with Gasteiger partial charge < -0.3 is 35.6 Å². The molecule has 5 N–H and O–H groups in total. The molecule has 1 heterocycles. The summed E-state index contributed by atoms with van der Waals surface area (Å²) in [4.78, 5) is 82.3. The molecular weight excluding hydrogens is 642 g/mol. The SMILES string of the molecule is O=C(O)CCC(=O)CCCOCCCC(=O)[C@H](CC(=O)NCCOCCNC(=O)CCC(=O)O)NC(=O)CCCCC1CCSS1. The molecule has 0 radical (unpaired) electrons. The lowest BCUT2D eigenvalue weighted by molar-refractivity contribution is -0.139. The van der Waals surface area contributed by atoms with Crippen LogP contribution in [0, 0.1) is 0 Å². The van der Waals surface area contributed by atoms with Gasteiger partial charge in [-0.05, 0) is 32.1 Å². The number of hydrogen-bond acceptors (Lipinski definition) is 11. The summed E-state index contributed by atoms with van der Waals surface area (Å²) in [5, 5.41) is 25.8. The topological polar surface area (TPSA) is 214 Å². The third-order valence-corrected chi connectivity index (χ3v) is 9.80. The molecule has 0 aliphatic carbocycles. The van der Waals surface area contributed by atoms with Crippen LogP contribution in [0.5, 0.6) is 0 Å². The molecule has 1 fully saturated rings. The lowest BCUT2D eigenvalue weighted by Crippen LogP contribution is -2.44. The van der Waals surface area contributed by atoms with Crippen molar-refractivity contribution >= 4 is 62.8 Å². The van der Waals surface area contributed by atoms with Crippen LogP contribution < -0.4 is 16.0 Å². The van der Waals surface area contributed by atoms with Crippen LogP contribution in [-0.2, 0) is 43.0 Å². The van der Waals surface area contributed by atoms with E-state index in [2.05, 4.69) is 16.0 Å². The van der Waals surface area contributed by atoms with Crippen molar-refractivity contribution in [2.75, 3.05) is 45.3 Å². The van der Waals surface area contributed by atoms with Crippen molar-refractivity contribution in [1.82, 2.24) is 16.0 Å². The van der Waals surface area contributed by atoms with Gasteiger partial charge >= 0.3 is 11.9 Å². The van der Waals surface area contributed by atoms with Crippen LogP contribution in [-0.4, -0.2) is 108 Å². The van der Waals surface area contributed by atoms with Gasteiger partial charge in [0.1, 0.15) is 5.78 Å². The highest BCUT2D eigenvalue weighted by Crippen LogP contribution is 2.39. The minimum atomic E-state index is -1.05. The number of carbonyl (C=O) groups excluding carboxylic acids is 5. The standard InChI is InChI=1S/C30H49N3O11S2/c34-22(9-11-29(39)40)5-3-16-43-17-4-7-25(35)24(33-27(37)8-2-1-6-23-13-20-45-46-23)21-28(38)32-15-19-44-18-14-31-26(36)10-12-30(41)42/h23-24H,1-21H2,(H,31,36)(H,32,38)(H,33,37)(H,39,40)(H,41,42)/t23?,24-/m0/s1. The Balaban J connectivity index is 2.38. The number of unbranched alkanes of at least 4 members (excludes halogenated alkanes) is 1. The molecule has 0 aromatic carbocycles. The van der Waals surface area contributed by atoms with E-state index in [1.165, 1.54) is 6.42 Å². The van der Waals surface area contributed by atoms with Gasteiger partial charge in [-0.1, -0.05) is 28.0 Å². The molecule has 0 aromatic heterocycles. The Hall–Kier alpha value is -2.69. The molecular formula is C30H49N3O11S2. The first kappa shape index (κ1) is 41.3. The van der Waals surface area contributed by atoms with E-state index >= 15 is 0 Å². The second-order valence-electron chi connectivity index (χ2n) is 10.8. The number of carboxylic acids is 2. The van der Waals surface area contributed by atoms with Crippen LogP contribution in [0.25, 0.3) is 0 Å². The van der Waals surface area contributed by atoms with Gasteiger partial charge in [-0.2, -0.15) is 0 Å². The van der Waals surface area contributed by atoms with Crippen molar-refractivity contribution in [1.29, 1.82) is 0 Å². The van der Waals surface area contributed by atoms with Crippen molar-refractivity contribution in [3.63, 3.8) is 0 Å². The molecule has 262 valence electrons. The van der Waals surface area contributed by atoms with E-state index < -0.39 is 29.8 Å². The van der Waals surface area contributed by atoms with Crippen molar-refractivity contribution in [2.45, 2.75) is 101 Å². The van der Waals surface area contributed by atoms with E-state index in [0.717, 1.165) is 18.6 Å². The predicted octanol–water partition coefficient (Wildman–Crippen LogP) is 2.27. The second kappa shape index (κ2) is 26.4. The van der Waals surface area contributed by atoms with Gasteiger partial charge in [0.05, 0.1) is 38.5 Å². The first-order chi connectivity index (χ1) is 22.1. The average molecular weight is 692 g/mol. The minimum absolute atomic E-state index is 0.00643. The number of ketones is 2. The molecule has 0 spiro atoms.